The van der Waals surface area contributed by atoms with E-state index in [2.05, 4.69) is 10.3 Å². The zero-order valence-corrected chi connectivity index (χ0v) is 15.7. The van der Waals surface area contributed by atoms with Crippen molar-refractivity contribution in [2.75, 3.05) is 19.8 Å². The molecule has 136 valence electrons. The molecule has 0 aliphatic rings. The Labute approximate surface area is 155 Å². The third-order valence-corrected chi connectivity index (χ3v) is 3.72. The number of hydrogen-bond acceptors (Lipinski definition) is 6. The van der Waals surface area contributed by atoms with Crippen molar-refractivity contribution in [1.29, 1.82) is 0 Å². The quantitative estimate of drug-likeness (QED) is 0.506. The summed E-state index contributed by atoms with van der Waals surface area (Å²) >= 11 is 12.3. The molecule has 0 N–H and O–H groups in total. The molecular weight excluding hydrogens is 369 g/mol. The van der Waals surface area contributed by atoms with E-state index in [1.807, 2.05) is 13.8 Å². The Morgan fingerprint density at radius 2 is 1.84 bits per heavy atom. The second-order valence-corrected chi connectivity index (χ2v) is 5.64. The van der Waals surface area contributed by atoms with E-state index in [1.165, 1.54) is 4.68 Å². The molecule has 1 aromatic carbocycles. The molecule has 0 amide bonds. The minimum atomic E-state index is -0.862. The van der Waals surface area contributed by atoms with Crippen LogP contribution in [0, 0.1) is 0 Å². The van der Waals surface area contributed by atoms with Crippen molar-refractivity contribution in [1.82, 2.24) is 15.0 Å². The third kappa shape index (κ3) is 4.49. The molecule has 7 nitrogen and oxygen atoms in total. The summed E-state index contributed by atoms with van der Waals surface area (Å²) in [5, 5.41) is 8.83. The van der Waals surface area contributed by atoms with Gasteiger partial charge in [0.05, 0.1) is 17.3 Å². The van der Waals surface area contributed by atoms with Gasteiger partial charge in [-0.1, -0.05) is 28.4 Å². The summed E-state index contributed by atoms with van der Waals surface area (Å²) in [4.78, 5) is 12.3. The summed E-state index contributed by atoms with van der Waals surface area (Å²) in [6.45, 7) is 6.27. The molecule has 0 aliphatic carbocycles. The number of aromatic nitrogens is 3. The molecule has 1 aromatic heterocycles. The van der Waals surface area contributed by atoms with E-state index >= 15 is 0 Å². The fourth-order valence-electron chi connectivity index (χ4n) is 2.18. The molecule has 0 unspecified atom stereocenters. The van der Waals surface area contributed by atoms with Gasteiger partial charge >= 0.3 is 5.97 Å². The van der Waals surface area contributed by atoms with Crippen LogP contribution in [0.15, 0.2) is 18.2 Å². The number of carbonyl (C=O) groups excluding carboxylic acids is 1. The van der Waals surface area contributed by atoms with Crippen LogP contribution in [0.3, 0.4) is 0 Å². The molecule has 25 heavy (non-hydrogen) atoms. The minimum absolute atomic E-state index is 0.00444. The largest absolute Gasteiger partial charge is 0.461 e. The van der Waals surface area contributed by atoms with Crippen molar-refractivity contribution in [3.63, 3.8) is 0 Å². The average Bonchev–Trinajstić information content (AvgIpc) is 3.02. The summed E-state index contributed by atoms with van der Waals surface area (Å²) in [6, 6.07) is 4.90. The van der Waals surface area contributed by atoms with Crippen LogP contribution in [-0.2, 0) is 14.2 Å². The van der Waals surface area contributed by atoms with Crippen LogP contribution in [-0.4, -0.2) is 40.8 Å². The third-order valence-electron chi connectivity index (χ3n) is 3.17. The summed E-state index contributed by atoms with van der Waals surface area (Å²) in [5.74, 6) is -0.619. The molecule has 0 bridgehead atoms. The molecule has 0 radical (unpaired) electrons. The molecule has 0 aliphatic heterocycles. The molecule has 0 atom stereocenters. The maximum absolute atomic E-state index is 12.3. The van der Waals surface area contributed by atoms with Gasteiger partial charge in [-0.2, -0.15) is 0 Å². The molecular formula is C16H19Cl2N3O4. The van der Waals surface area contributed by atoms with E-state index in [4.69, 9.17) is 37.4 Å². The van der Waals surface area contributed by atoms with Gasteiger partial charge in [0.2, 0.25) is 6.29 Å². The SMILES string of the molecule is CCOC(=O)c1nnn(-c2cc(Cl)ccc2Cl)c1C(OCC)OCC. The van der Waals surface area contributed by atoms with Crippen LogP contribution >= 0.6 is 23.2 Å². The monoisotopic (exact) mass is 387 g/mol. The van der Waals surface area contributed by atoms with E-state index in [0.29, 0.717) is 34.6 Å². The van der Waals surface area contributed by atoms with E-state index in [-0.39, 0.29) is 12.3 Å². The average molecular weight is 388 g/mol. The lowest BCUT2D eigenvalue weighted by Crippen LogP contribution is -2.18. The highest BCUT2D eigenvalue weighted by Gasteiger charge is 2.30. The predicted octanol–water partition coefficient (Wildman–Crippen LogP) is 3.82. The lowest BCUT2D eigenvalue weighted by atomic mass is 10.2. The molecule has 1 heterocycles. The number of nitrogens with zero attached hydrogens (tertiary/aromatic N) is 3. The van der Waals surface area contributed by atoms with Gasteiger partial charge in [-0.05, 0) is 39.0 Å². The van der Waals surface area contributed by atoms with Crippen molar-refractivity contribution in [2.24, 2.45) is 0 Å². The van der Waals surface area contributed by atoms with Gasteiger partial charge in [0.15, 0.2) is 5.69 Å². The Balaban J connectivity index is 2.63. The number of rotatable bonds is 8. The van der Waals surface area contributed by atoms with E-state index in [1.54, 1.807) is 25.1 Å². The summed E-state index contributed by atoms with van der Waals surface area (Å²) in [6.07, 6.45) is -0.862. The molecule has 0 fully saturated rings. The van der Waals surface area contributed by atoms with Gasteiger partial charge in [0.1, 0.15) is 5.69 Å². The van der Waals surface area contributed by atoms with Crippen LogP contribution in [0.5, 0.6) is 0 Å². The Kier molecular flexibility index (Phi) is 7.19. The van der Waals surface area contributed by atoms with Crippen molar-refractivity contribution in [3.05, 3.63) is 39.6 Å². The van der Waals surface area contributed by atoms with Gasteiger partial charge in [-0.15, -0.1) is 5.10 Å². The number of ether oxygens (including phenoxy) is 3. The maximum atomic E-state index is 12.3. The van der Waals surface area contributed by atoms with Gasteiger partial charge in [-0.3, -0.25) is 0 Å². The molecule has 2 aromatic rings. The predicted molar refractivity (Wildman–Crippen MR) is 93.3 cm³/mol. The Bertz CT molecular complexity index is 730. The lowest BCUT2D eigenvalue weighted by Gasteiger charge is -2.19. The zero-order chi connectivity index (χ0) is 18.4. The molecule has 9 heteroatoms. The van der Waals surface area contributed by atoms with Crippen molar-refractivity contribution in [3.8, 4) is 5.69 Å². The maximum Gasteiger partial charge on any atom is 0.361 e. The minimum Gasteiger partial charge on any atom is -0.461 e. The Morgan fingerprint density at radius 3 is 2.44 bits per heavy atom. The van der Waals surface area contributed by atoms with Gasteiger partial charge in [-0.25, -0.2) is 9.48 Å². The zero-order valence-electron chi connectivity index (χ0n) is 14.2. The number of hydrogen-bond donors (Lipinski definition) is 0. The van der Waals surface area contributed by atoms with Crippen LogP contribution in [0.2, 0.25) is 10.0 Å². The molecule has 2 rings (SSSR count). The van der Waals surface area contributed by atoms with Gasteiger partial charge < -0.3 is 14.2 Å². The first-order chi connectivity index (χ1) is 12.0. The smallest absolute Gasteiger partial charge is 0.361 e. The summed E-state index contributed by atoms with van der Waals surface area (Å²) in [5.41, 5.74) is 0.757. The van der Waals surface area contributed by atoms with Gasteiger partial charge in [0.25, 0.3) is 0 Å². The van der Waals surface area contributed by atoms with Crippen molar-refractivity contribution < 1.29 is 19.0 Å². The highest BCUT2D eigenvalue weighted by molar-refractivity contribution is 6.34. The Morgan fingerprint density at radius 1 is 1.16 bits per heavy atom. The van der Waals surface area contributed by atoms with Gasteiger partial charge in [0, 0.05) is 18.2 Å². The first kappa shape index (κ1) is 19.7. The molecule has 0 saturated heterocycles. The number of carbonyl (C=O) groups is 1. The summed E-state index contributed by atoms with van der Waals surface area (Å²) in [7, 11) is 0. The molecule has 0 saturated carbocycles. The Hall–Kier alpha value is -1.67. The number of halogens is 2. The lowest BCUT2D eigenvalue weighted by molar-refractivity contribution is -0.144. The van der Waals surface area contributed by atoms with E-state index < -0.39 is 12.3 Å². The normalized spacial score (nSPS) is 11.1. The summed E-state index contributed by atoms with van der Waals surface area (Å²) < 4.78 is 17.7. The highest BCUT2D eigenvalue weighted by atomic mass is 35.5. The fraction of sp³-hybridized carbons (Fsp3) is 0.438. The second kappa shape index (κ2) is 9.15. The second-order valence-electron chi connectivity index (χ2n) is 4.79. The van der Waals surface area contributed by atoms with Crippen molar-refractivity contribution in [2.45, 2.75) is 27.1 Å². The van der Waals surface area contributed by atoms with Crippen LogP contribution in [0.1, 0.15) is 43.2 Å². The fourth-order valence-corrected chi connectivity index (χ4v) is 2.54. The van der Waals surface area contributed by atoms with Crippen LogP contribution in [0.25, 0.3) is 5.69 Å². The van der Waals surface area contributed by atoms with Crippen LogP contribution in [0.4, 0.5) is 0 Å². The molecule has 0 spiro atoms. The first-order valence-electron chi connectivity index (χ1n) is 7.84. The van der Waals surface area contributed by atoms with E-state index in [9.17, 15) is 4.79 Å². The van der Waals surface area contributed by atoms with Crippen molar-refractivity contribution >= 4 is 29.2 Å². The standard InChI is InChI=1S/C16H19Cl2N3O4/c1-4-23-15(22)13-14(16(24-5-2)25-6-3)21(20-19-13)12-9-10(17)7-8-11(12)18/h7-9,16H,4-6H2,1-3H3. The topological polar surface area (TPSA) is 75.5 Å². The first-order valence-corrected chi connectivity index (χ1v) is 8.60. The van der Waals surface area contributed by atoms with Crippen LogP contribution < -0.4 is 0 Å². The number of benzene rings is 1. The number of esters is 1. The highest BCUT2D eigenvalue weighted by Crippen LogP contribution is 2.30. The van der Waals surface area contributed by atoms with E-state index in [0.717, 1.165) is 0 Å².